The van der Waals surface area contributed by atoms with Crippen LogP contribution in [0.15, 0.2) is 91.0 Å². The highest BCUT2D eigenvalue weighted by atomic mass is 16.5. The first-order chi connectivity index (χ1) is 15.2. The number of rotatable bonds is 4. The molecule has 0 fully saturated rings. The Morgan fingerprint density at radius 1 is 0.742 bits per heavy atom. The Morgan fingerprint density at radius 2 is 1.45 bits per heavy atom. The van der Waals surface area contributed by atoms with Gasteiger partial charge in [0.2, 0.25) is 5.78 Å². The number of esters is 1. The second-order valence-corrected chi connectivity index (χ2v) is 6.69. The third kappa shape index (κ3) is 4.31. The molecule has 0 aliphatic heterocycles. The number of hydrogen-bond donors (Lipinski definition) is 0. The number of fused-ring (bicyclic) bond motifs is 1. The zero-order valence-corrected chi connectivity index (χ0v) is 16.8. The fraction of sp³-hybridized carbons (Fsp3) is 0.0370. The van der Waals surface area contributed by atoms with E-state index in [-0.39, 0.29) is 11.5 Å². The summed E-state index contributed by atoms with van der Waals surface area (Å²) in [5.41, 5.74) is 1.50. The standard InChI is InChI=1S/C27H18O4/c1-30-24-18-16-21(23(28)17-15-19-9-4-2-5-10-19)26-22(24)13-8-14-25(26)31-27(29)20-11-6-3-7-12-20/h2-14,16,18H,1H3. The Balaban J connectivity index is 1.80. The van der Waals surface area contributed by atoms with Gasteiger partial charge < -0.3 is 9.47 Å². The zero-order chi connectivity index (χ0) is 21.6. The van der Waals surface area contributed by atoms with Crippen molar-refractivity contribution in [3.05, 3.63) is 108 Å². The fourth-order valence-electron chi connectivity index (χ4n) is 3.25. The molecule has 0 spiro atoms. The van der Waals surface area contributed by atoms with E-state index >= 15 is 0 Å². The Labute approximate surface area is 180 Å². The Bertz CT molecular complexity index is 1310. The maximum atomic E-state index is 13.0. The largest absolute Gasteiger partial charge is 0.496 e. The van der Waals surface area contributed by atoms with E-state index in [1.54, 1.807) is 55.6 Å². The molecule has 150 valence electrons. The van der Waals surface area contributed by atoms with Gasteiger partial charge in [-0.05, 0) is 48.4 Å². The van der Waals surface area contributed by atoms with Crippen molar-refractivity contribution in [1.82, 2.24) is 0 Å². The minimum atomic E-state index is -0.510. The summed E-state index contributed by atoms with van der Waals surface area (Å²) in [7, 11) is 1.55. The van der Waals surface area contributed by atoms with Crippen molar-refractivity contribution in [3.8, 4) is 23.3 Å². The fourth-order valence-corrected chi connectivity index (χ4v) is 3.25. The van der Waals surface area contributed by atoms with Crippen molar-refractivity contribution >= 4 is 22.5 Å². The number of Topliss-reactive ketones (excluding diaryl/α,β-unsaturated/α-hetero) is 1. The van der Waals surface area contributed by atoms with Crippen molar-refractivity contribution in [2.24, 2.45) is 0 Å². The molecule has 4 heteroatoms. The predicted molar refractivity (Wildman–Crippen MR) is 120 cm³/mol. The Kier molecular flexibility index (Phi) is 5.77. The van der Waals surface area contributed by atoms with Gasteiger partial charge in [0.05, 0.1) is 12.7 Å². The third-order valence-corrected chi connectivity index (χ3v) is 4.73. The molecule has 0 aliphatic rings. The van der Waals surface area contributed by atoms with Crippen molar-refractivity contribution in [2.45, 2.75) is 0 Å². The topological polar surface area (TPSA) is 52.6 Å². The summed E-state index contributed by atoms with van der Waals surface area (Å²) in [6, 6.07) is 26.5. The first-order valence-electron chi connectivity index (χ1n) is 9.65. The van der Waals surface area contributed by atoms with Crippen molar-refractivity contribution in [1.29, 1.82) is 0 Å². The van der Waals surface area contributed by atoms with E-state index in [1.807, 2.05) is 42.5 Å². The van der Waals surface area contributed by atoms with Gasteiger partial charge in [-0.3, -0.25) is 4.79 Å². The molecule has 0 unspecified atom stereocenters. The summed E-state index contributed by atoms with van der Waals surface area (Å²) in [6.45, 7) is 0. The third-order valence-electron chi connectivity index (χ3n) is 4.73. The van der Waals surface area contributed by atoms with Gasteiger partial charge in [-0.2, -0.15) is 0 Å². The minimum Gasteiger partial charge on any atom is -0.496 e. The maximum absolute atomic E-state index is 13.0. The number of ketones is 1. The smallest absolute Gasteiger partial charge is 0.343 e. The van der Waals surface area contributed by atoms with Gasteiger partial charge in [-0.25, -0.2) is 4.79 Å². The molecule has 0 aromatic heterocycles. The zero-order valence-electron chi connectivity index (χ0n) is 16.8. The number of carbonyl (C=O) groups excluding carboxylic acids is 2. The molecule has 0 saturated carbocycles. The van der Waals surface area contributed by atoms with Crippen LogP contribution in [0.4, 0.5) is 0 Å². The van der Waals surface area contributed by atoms with E-state index in [2.05, 4.69) is 11.8 Å². The van der Waals surface area contributed by atoms with Gasteiger partial charge in [0.25, 0.3) is 0 Å². The molecule has 4 rings (SSSR count). The highest BCUT2D eigenvalue weighted by Crippen LogP contribution is 2.35. The SMILES string of the molecule is COc1ccc(C(=O)C#Cc2ccccc2)c2c(OC(=O)c3ccccc3)cccc12. The normalized spacial score (nSPS) is 10.1. The molecule has 0 saturated heterocycles. The quantitative estimate of drug-likeness (QED) is 0.200. The van der Waals surface area contributed by atoms with Gasteiger partial charge >= 0.3 is 5.97 Å². The van der Waals surface area contributed by atoms with E-state index < -0.39 is 5.97 Å². The van der Waals surface area contributed by atoms with E-state index in [9.17, 15) is 9.59 Å². The summed E-state index contributed by atoms with van der Waals surface area (Å²) >= 11 is 0. The van der Waals surface area contributed by atoms with Crippen molar-refractivity contribution in [2.75, 3.05) is 7.11 Å². The lowest BCUT2D eigenvalue weighted by atomic mass is 9.99. The second-order valence-electron chi connectivity index (χ2n) is 6.69. The van der Waals surface area contributed by atoms with Crippen LogP contribution in [0.2, 0.25) is 0 Å². The predicted octanol–water partition coefficient (Wildman–Crippen LogP) is 5.30. The van der Waals surface area contributed by atoms with Crippen molar-refractivity contribution < 1.29 is 19.1 Å². The van der Waals surface area contributed by atoms with Crippen LogP contribution in [-0.4, -0.2) is 18.9 Å². The number of hydrogen-bond acceptors (Lipinski definition) is 4. The molecule has 0 radical (unpaired) electrons. The molecule has 0 atom stereocenters. The number of ether oxygens (including phenoxy) is 2. The lowest BCUT2D eigenvalue weighted by Crippen LogP contribution is -2.09. The van der Waals surface area contributed by atoms with Gasteiger partial charge in [0.1, 0.15) is 11.5 Å². The van der Waals surface area contributed by atoms with E-state index in [1.165, 1.54) is 0 Å². The molecular weight excluding hydrogens is 388 g/mol. The summed E-state index contributed by atoms with van der Waals surface area (Å²) < 4.78 is 11.1. The Hall–Kier alpha value is -4.36. The van der Waals surface area contributed by atoms with Crippen LogP contribution in [0, 0.1) is 11.8 Å². The van der Waals surface area contributed by atoms with Crippen LogP contribution in [0.25, 0.3) is 10.8 Å². The molecule has 4 aromatic carbocycles. The molecule has 4 aromatic rings. The molecule has 0 amide bonds. The molecule has 31 heavy (non-hydrogen) atoms. The number of benzene rings is 4. The van der Waals surface area contributed by atoms with Crippen LogP contribution in [0.5, 0.6) is 11.5 Å². The van der Waals surface area contributed by atoms with Crippen LogP contribution < -0.4 is 9.47 Å². The summed E-state index contributed by atoms with van der Waals surface area (Å²) in [5.74, 6) is 5.53. The minimum absolute atomic E-state index is 0.273. The number of methoxy groups -OCH3 is 1. The van der Waals surface area contributed by atoms with Gasteiger partial charge in [-0.15, -0.1) is 0 Å². The molecule has 0 heterocycles. The van der Waals surface area contributed by atoms with Crippen LogP contribution in [0.3, 0.4) is 0 Å². The molecule has 4 nitrogen and oxygen atoms in total. The average Bonchev–Trinajstić information content (AvgIpc) is 2.83. The lowest BCUT2D eigenvalue weighted by molar-refractivity contribution is 0.0736. The monoisotopic (exact) mass is 406 g/mol. The van der Waals surface area contributed by atoms with Gasteiger partial charge in [-0.1, -0.05) is 54.5 Å². The molecule has 0 bridgehead atoms. The van der Waals surface area contributed by atoms with Crippen molar-refractivity contribution in [3.63, 3.8) is 0 Å². The Morgan fingerprint density at radius 3 is 2.16 bits per heavy atom. The molecular formula is C27H18O4. The van der Waals surface area contributed by atoms with Gasteiger partial charge in [0.15, 0.2) is 0 Å². The second kappa shape index (κ2) is 8.98. The average molecular weight is 406 g/mol. The number of carbonyl (C=O) groups is 2. The molecule has 0 N–H and O–H groups in total. The van der Waals surface area contributed by atoms with E-state index in [4.69, 9.17) is 9.47 Å². The highest BCUT2D eigenvalue weighted by molar-refractivity contribution is 6.19. The first-order valence-corrected chi connectivity index (χ1v) is 9.65. The first kappa shape index (κ1) is 19.9. The lowest BCUT2D eigenvalue weighted by Gasteiger charge is -2.13. The summed E-state index contributed by atoms with van der Waals surface area (Å²) in [5, 5.41) is 1.15. The van der Waals surface area contributed by atoms with Gasteiger partial charge in [0, 0.05) is 21.9 Å². The summed E-state index contributed by atoms with van der Waals surface area (Å²) in [6.07, 6.45) is 0. The molecule has 0 aliphatic carbocycles. The van der Waals surface area contributed by atoms with E-state index in [0.29, 0.717) is 27.6 Å². The van der Waals surface area contributed by atoms with Crippen LogP contribution in [-0.2, 0) is 0 Å². The van der Waals surface area contributed by atoms with Crippen LogP contribution >= 0.6 is 0 Å². The van der Waals surface area contributed by atoms with Crippen LogP contribution in [0.1, 0.15) is 26.3 Å². The highest BCUT2D eigenvalue weighted by Gasteiger charge is 2.18. The summed E-state index contributed by atoms with van der Waals surface area (Å²) in [4.78, 5) is 25.6. The maximum Gasteiger partial charge on any atom is 0.343 e. The van der Waals surface area contributed by atoms with E-state index in [0.717, 1.165) is 5.56 Å².